The van der Waals surface area contributed by atoms with Gasteiger partial charge >= 0.3 is 0 Å². The lowest BCUT2D eigenvalue weighted by atomic mass is 10.1. The highest BCUT2D eigenvalue weighted by atomic mass is 35.5. The molecule has 0 spiro atoms. The van der Waals surface area contributed by atoms with Gasteiger partial charge in [-0.1, -0.05) is 11.6 Å². The topological polar surface area (TPSA) is 64.3 Å². The number of hydrogen-bond donors (Lipinski definition) is 2. The monoisotopic (exact) mass is 276 g/mol. The van der Waals surface area contributed by atoms with Crippen LogP contribution in [-0.4, -0.2) is 0 Å². The first-order chi connectivity index (χ1) is 9.17. The molecule has 0 amide bonds. The molecular formula is C14H13ClN2O2. The van der Waals surface area contributed by atoms with Gasteiger partial charge < -0.3 is 8.83 Å². The van der Waals surface area contributed by atoms with Gasteiger partial charge in [-0.25, -0.2) is 5.43 Å². The van der Waals surface area contributed by atoms with Crippen molar-refractivity contribution in [3.05, 3.63) is 58.7 Å². The summed E-state index contributed by atoms with van der Waals surface area (Å²) in [6, 6.07) is 11.0. The molecule has 19 heavy (non-hydrogen) atoms. The number of hydrogen-bond acceptors (Lipinski definition) is 4. The lowest BCUT2D eigenvalue weighted by Gasteiger charge is -2.09. The summed E-state index contributed by atoms with van der Waals surface area (Å²) < 4.78 is 11.2. The van der Waals surface area contributed by atoms with E-state index in [1.54, 1.807) is 12.1 Å². The number of aryl methyl sites for hydroxylation is 1. The minimum absolute atomic E-state index is 0.321. The fourth-order valence-corrected chi connectivity index (χ4v) is 2.27. The van der Waals surface area contributed by atoms with E-state index in [-0.39, 0.29) is 6.04 Å². The molecule has 98 valence electrons. The van der Waals surface area contributed by atoms with Crippen LogP contribution >= 0.6 is 11.6 Å². The van der Waals surface area contributed by atoms with Crippen molar-refractivity contribution in [3.63, 3.8) is 0 Å². The molecule has 0 aliphatic rings. The minimum Gasteiger partial charge on any atom is -0.459 e. The maximum Gasteiger partial charge on any atom is 0.193 e. The summed E-state index contributed by atoms with van der Waals surface area (Å²) in [7, 11) is 0. The number of fused-ring (bicyclic) bond motifs is 1. The first kappa shape index (κ1) is 12.3. The predicted octanol–water partition coefficient (Wildman–Crippen LogP) is 3.54. The number of rotatable bonds is 3. The summed E-state index contributed by atoms with van der Waals surface area (Å²) in [5, 5.41) is 1.36. The predicted molar refractivity (Wildman–Crippen MR) is 73.8 cm³/mol. The van der Waals surface area contributed by atoms with E-state index in [0.29, 0.717) is 16.7 Å². The third-order valence-electron chi connectivity index (χ3n) is 3.02. The van der Waals surface area contributed by atoms with E-state index < -0.39 is 0 Å². The number of nitrogens with two attached hydrogens (primary N) is 1. The molecule has 0 aliphatic heterocycles. The lowest BCUT2D eigenvalue weighted by molar-refractivity contribution is 0.404. The number of benzene rings is 1. The average Bonchev–Trinajstić information content (AvgIpc) is 2.96. The van der Waals surface area contributed by atoms with Gasteiger partial charge in [0, 0.05) is 5.39 Å². The Kier molecular flexibility index (Phi) is 3.06. The standard InChI is InChI=1S/C14H13ClN2O2/c1-8-2-3-10-9(6-8)7-12(18-10)14(17-16)11-4-5-13(15)19-11/h2-7,14,17H,16H2,1H3. The van der Waals surface area contributed by atoms with E-state index >= 15 is 0 Å². The molecule has 0 saturated carbocycles. The van der Waals surface area contributed by atoms with Crippen molar-refractivity contribution in [1.29, 1.82) is 0 Å². The molecule has 0 saturated heterocycles. The van der Waals surface area contributed by atoms with Crippen molar-refractivity contribution in [1.82, 2.24) is 5.43 Å². The minimum atomic E-state index is -0.361. The third kappa shape index (κ3) is 2.26. The Morgan fingerprint density at radius 3 is 2.63 bits per heavy atom. The van der Waals surface area contributed by atoms with Crippen LogP contribution in [0.3, 0.4) is 0 Å². The van der Waals surface area contributed by atoms with Gasteiger partial charge in [0.1, 0.15) is 23.1 Å². The van der Waals surface area contributed by atoms with E-state index in [0.717, 1.165) is 11.0 Å². The highest BCUT2D eigenvalue weighted by Crippen LogP contribution is 2.30. The Labute approximate surface area is 115 Å². The molecule has 3 N–H and O–H groups in total. The van der Waals surface area contributed by atoms with Crippen LogP contribution in [0, 0.1) is 6.92 Å². The summed E-state index contributed by atoms with van der Waals surface area (Å²) >= 11 is 5.78. The zero-order valence-corrected chi connectivity index (χ0v) is 11.1. The molecule has 5 heteroatoms. The molecule has 0 fully saturated rings. The Bertz CT molecular complexity index is 717. The fraction of sp³-hybridized carbons (Fsp3) is 0.143. The second kappa shape index (κ2) is 4.74. The van der Waals surface area contributed by atoms with Crippen LogP contribution in [0.2, 0.25) is 5.22 Å². The third-order valence-corrected chi connectivity index (χ3v) is 3.22. The van der Waals surface area contributed by atoms with Crippen LogP contribution in [0.15, 0.2) is 45.2 Å². The number of halogens is 1. The van der Waals surface area contributed by atoms with Gasteiger partial charge in [-0.2, -0.15) is 0 Å². The molecular weight excluding hydrogens is 264 g/mol. The summed E-state index contributed by atoms with van der Waals surface area (Å²) in [6.07, 6.45) is 0. The summed E-state index contributed by atoms with van der Waals surface area (Å²) in [5.74, 6) is 6.89. The van der Waals surface area contributed by atoms with E-state index in [9.17, 15) is 0 Å². The van der Waals surface area contributed by atoms with Crippen molar-refractivity contribution in [3.8, 4) is 0 Å². The van der Waals surface area contributed by atoms with Crippen molar-refractivity contribution in [2.45, 2.75) is 13.0 Å². The molecule has 1 aromatic carbocycles. The van der Waals surface area contributed by atoms with Crippen molar-refractivity contribution >= 4 is 22.6 Å². The number of hydrazine groups is 1. The van der Waals surface area contributed by atoms with E-state index in [2.05, 4.69) is 11.5 Å². The normalized spacial score (nSPS) is 13.0. The molecule has 3 aromatic rings. The van der Waals surface area contributed by atoms with E-state index in [1.807, 2.05) is 25.1 Å². The number of furan rings is 2. The average molecular weight is 277 g/mol. The molecule has 0 aliphatic carbocycles. The second-order valence-corrected chi connectivity index (χ2v) is 4.80. The largest absolute Gasteiger partial charge is 0.459 e. The first-order valence-electron chi connectivity index (χ1n) is 5.89. The highest BCUT2D eigenvalue weighted by Gasteiger charge is 2.20. The zero-order chi connectivity index (χ0) is 13.4. The SMILES string of the molecule is Cc1ccc2oc(C(NN)c3ccc(Cl)o3)cc2c1. The van der Waals surface area contributed by atoms with E-state index in [1.165, 1.54) is 5.56 Å². The maximum absolute atomic E-state index is 5.79. The van der Waals surface area contributed by atoms with Crippen molar-refractivity contribution < 1.29 is 8.83 Å². The summed E-state index contributed by atoms with van der Waals surface area (Å²) in [5.41, 5.74) is 4.67. The van der Waals surface area contributed by atoms with Crippen LogP contribution in [0.25, 0.3) is 11.0 Å². The molecule has 0 bridgehead atoms. The smallest absolute Gasteiger partial charge is 0.193 e. The Morgan fingerprint density at radius 1 is 1.11 bits per heavy atom. The van der Waals surface area contributed by atoms with Gasteiger partial charge in [0.05, 0.1) is 0 Å². The molecule has 2 heterocycles. The summed E-state index contributed by atoms with van der Waals surface area (Å²) in [4.78, 5) is 0. The van der Waals surface area contributed by atoms with Gasteiger partial charge in [-0.05, 0) is 48.9 Å². The van der Waals surface area contributed by atoms with E-state index in [4.69, 9.17) is 26.3 Å². The van der Waals surface area contributed by atoms with Gasteiger partial charge in [-0.15, -0.1) is 0 Å². The molecule has 2 aromatic heterocycles. The van der Waals surface area contributed by atoms with Crippen molar-refractivity contribution in [2.75, 3.05) is 0 Å². The molecule has 4 nitrogen and oxygen atoms in total. The first-order valence-corrected chi connectivity index (χ1v) is 6.26. The Morgan fingerprint density at radius 2 is 1.95 bits per heavy atom. The van der Waals surface area contributed by atoms with Crippen LogP contribution < -0.4 is 11.3 Å². The van der Waals surface area contributed by atoms with Crippen molar-refractivity contribution in [2.24, 2.45) is 5.84 Å². The second-order valence-electron chi connectivity index (χ2n) is 4.43. The van der Waals surface area contributed by atoms with Gasteiger partial charge in [-0.3, -0.25) is 5.84 Å². The van der Waals surface area contributed by atoms with Gasteiger partial charge in [0.15, 0.2) is 5.22 Å². The van der Waals surface area contributed by atoms with Crippen LogP contribution in [-0.2, 0) is 0 Å². The number of nitrogens with one attached hydrogen (secondary N) is 1. The Hall–Kier alpha value is -1.75. The highest BCUT2D eigenvalue weighted by molar-refractivity contribution is 6.28. The molecule has 0 radical (unpaired) electrons. The zero-order valence-electron chi connectivity index (χ0n) is 10.3. The fourth-order valence-electron chi connectivity index (χ4n) is 2.11. The molecule has 1 atom stereocenters. The summed E-state index contributed by atoms with van der Waals surface area (Å²) in [6.45, 7) is 2.04. The van der Waals surface area contributed by atoms with Crippen LogP contribution in [0.5, 0.6) is 0 Å². The Balaban J connectivity index is 2.06. The maximum atomic E-state index is 5.79. The molecule has 3 rings (SSSR count). The molecule has 1 unspecified atom stereocenters. The van der Waals surface area contributed by atoms with Crippen LogP contribution in [0.4, 0.5) is 0 Å². The van der Waals surface area contributed by atoms with Gasteiger partial charge in [0.25, 0.3) is 0 Å². The lowest BCUT2D eigenvalue weighted by Crippen LogP contribution is -2.28. The van der Waals surface area contributed by atoms with Crippen LogP contribution in [0.1, 0.15) is 23.1 Å². The quantitative estimate of drug-likeness (QED) is 0.567. The van der Waals surface area contributed by atoms with Gasteiger partial charge in [0.2, 0.25) is 0 Å².